The molecule has 1 aliphatic carbocycles. The summed E-state index contributed by atoms with van der Waals surface area (Å²) in [4.78, 5) is 18.9. The molecule has 0 bridgehead atoms. The molecule has 0 unspecified atom stereocenters. The zero-order chi connectivity index (χ0) is 10.1. The number of carbonyl (C=O) groups is 2. The third-order valence-electron chi connectivity index (χ3n) is 1.62. The number of aliphatic carboxylic acids is 2. The smallest absolute Gasteiger partial charge is 0.481 e. The van der Waals surface area contributed by atoms with Crippen molar-refractivity contribution in [3.8, 4) is 0 Å². The largest absolute Gasteiger partial charge is 1.00 e. The van der Waals surface area contributed by atoms with Crippen molar-refractivity contribution < 1.29 is 71.2 Å². The van der Waals surface area contributed by atoms with E-state index in [2.05, 4.69) is 6.42 Å². The molecule has 1 saturated carbocycles. The van der Waals surface area contributed by atoms with Gasteiger partial charge in [-0.1, -0.05) is 19.3 Å². The van der Waals surface area contributed by atoms with Crippen LogP contribution in [0.2, 0.25) is 0 Å². The Hall–Kier alpha value is 0.576. The molecule has 5 heteroatoms. The van der Waals surface area contributed by atoms with E-state index in [1.807, 2.05) is 0 Å². The third kappa shape index (κ3) is 15.1. The maximum Gasteiger partial charge on any atom is 1.00 e. The Kier molecular flexibility index (Phi) is 14.1. The van der Waals surface area contributed by atoms with Crippen LogP contribution in [-0.2, 0) is 9.59 Å². The molecule has 0 aliphatic heterocycles. The minimum absolute atomic E-state index is 0. The first-order valence-electron chi connectivity index (χ1n) is 4.38. The number of hydrogen-bond acceptors (Lipinski definition) is 2. The van der Waals surface area contributed by atoms with Gasteiger partial charge in [-0.15, -0.1) is 0 Å². The van der Waals surface area contributed by atoms with Crippen LogP contribution in [0.15, 0.2) is 0 Å². The second kappa shape index (κ2) is 11.7. The maximum atomic E-state index is 9.43. The molecule has 0 amide bonds. The van der Waals surface area contributed by atoms with Gasteiger partial charge in [-0.05, 0) is 0 Å². The molecular weight excluding hydrogens is 211 g/mol. The summed E-state index contributed by atoms with van der Waals surface area (Å²) < 4.78 is 0. The maximum absolute atomic E-state index is 9.43. The average molecular weight is 226 g/mol. The first-order chi connectivity index (χ1) is 6.13. The Labute approximate surface area is 126 Å². The number of carboxylic acid groups (broad SMARTS) is 2. The quantitative estimate of drug-likeness (QED) is 0.349. The van der Waals surface area contributed by atoms with E-state index in [1.165, 1.54) is 32.1 Å². The van der Waals surface area contributed by atoms with E-state index >= 15 is 0 Å². The topological polar surface area (TPSA) is 74.6 Å². The number of hydrogen-bond donors (Lipinski definition) is 2. The Morgan fingerprint density at radius 3 is 1.50 bits per heavy atom. The molecule has 0 aromatic heterocycles. The van der Waals surface area contributed by atoms with Gasteiger partial charge in [-0.3, -0.25) is 9.59 Å². The standard InChI is InChI=1S/C6H11.C3H4O4.K/c1-2-4-6-5-3-1;4-2(5)1-3(6)7;/h1H,2-6H2;1H2,(H,4,5)(H,6,7);/q-1;;+1. The predicted molar refractivity (Wildman–Crippen MR) is 47.3 cm³/mol. The van der Waals surface area contributed by atoms with Crippen LogP contribution < -0.4 is 51.4 Å². The van der Waals surface area contributed by atoms with Gasteiger partial charge < -0.3 is 16.6 Å². The fourth-order valence-electron chi connectivity index (χ4n) is 1.03. The number of carboxylic acids is 2. The van der Waals surface area contributed by atoms with Gasteiger partial charge >= 0.3 is 63.3 Å². The van der Waals surface area contributed by atoms with E-state index in [0.29, 0.717) is 0 Å². The minimum atomic E-state index is -1.31. The Morgan fingerprint density at radius 2 is 1.43 bits per heavy atom. The van der Waals surface area contributed by atoms with Crippen LogP contribution in [0.25, 0.3) is 0 Å². The van der Waals surface area contributed by atoms with Gasteiger partial charge in [0.2, 0.25) is 0 Å². The third-order valence-corrected chi connectivity index (χ3v) is 1.62. The van der Waals surface area contributed by atoms with E-state index in [0.717, 1.165) is 0 Å². The van der Waals surface area contributed by atoms with Crippen molar-refractivity contribution in [1.29, 1.82) is 0 Å². The van der Waals surface area contributed by atoms with Gasteiger partial charge in [-0.2, -0.15) is 12.8 Å². The molecular formula is C9H15KO4. The van der Waals surface area contributed by atoms with E-state index in [4.69, 9.17) is 10.2 Å². The summed E-state index contributed by atoms with van der Waals surface area (Å²) in [6, 6.07) is 0. The predicted octanol–water partition coefficient (Wildman–Crippen LogP) is -1.30. The molecule has 1 fully saturated rings. The van der Waals surface area contributed by atoms with Crippen molar-refractivity contribution in [2.75, 3.05) is 0 Å². The Morgan fingerprint density at radius 1 is 1.00 bits per heavy atom. The molecule has 2 N–H and O–H groups in total. The van der Waals surface area contributed by atoms with Crippen molar-refractivity contribution in [3.63, 3.8) is 0 Å². The van der Waals surface area contributed by atoms with Crippen molar-refractivity contribution in [3.05, 3.63) is 6.42 Å². The van der Waals surface area contributed by atoms with Crippen molar-refractivity contribution in [2.24, 2.45) is 0 Å². The molecule has 0 heterocycles. The van der Waals surface area contributed by atoms with Crippen LogP contribution in [0.3, 0.4) is 0 Å². The summed E-state index contributed by atoms with van der Waals surface area (Å²) in [5.74, 6) is -2.62. The molecule has 1 aliphatic rings. The molecule has 14 heavy (non-hydrogen) atoms. The van der Waals surface area contributed by atoms with E-state index < -0.39 is 18.4 Å². The van der Waals surface area contributed by atoms with Gasteiger partial charge in [0.25, 0.3) is 0 Å². The summed E-state index contributed by atoms with van der Waals surface area (Å²) in [6.07, 6.45) is 8.69. The first-order valence-corrected chi connectivity index (χ1v) is 4.38. The second-order valence-electron chi connectivity index (χ2n) is 2.89. The zero-order valence-electron chi connectivity index (χ0n) is 8.53. The van der Waals surface area contributed by atoms with Crippen molar-refractivity contribution in [2.45, 2.75) is 38.5 Å². The summed E-state index contributed by atoms with van der Waals surface area (Å²) in [5, 5.41) is 15.4. The van der Waals surface area contributed by atoms with Crippen LogP contribution in [-0.4, -0.2) is 22.2 Å². The van der Waals surface area contributed by atoms with Crippen molar-refractivity contribution in [1.82, 2.24) is 0 Å². The fraction of sp³-hybridized carbons (Fsp3) is 0.667. The van der Waals surface area contributed by atoms with E-state index in [1.54, 1.807) is 0 Å². The molecule has 0 saturated heterocycles. The number of rotatable bonds is 2. The Balaban J connectivity index is 0. The van der Waals surface area contributed by atoms with Crippen LogP contribution in [0.1, 0.15) is 38.5 Å². The molecule has 0 aromatic rings. The molecule has 76 valence electrons. The summed E-state index contributed by atoms with van der Waals surface area (Å²) in [6.45, 7) is 0. The zero-order valence-corrected chi connectivity index (χ0v) is 11.7. The summed E-state index contributed by atoms with van der Waals surface area (Å²) in [5.41, 5.74) is 0. The van der Waals surface area contributed by atoms with Crippen molar-refractivity contribution >= 4 is 11.9 Å². The first kappa shape index (κ1) is 17.0. The fourth-order valence-corrected chi connectivity index (χ4v) is 1.03. The van der Waals surface area contributed by atoms with Crippen LogP contribution in [0.5, 0.6) is 0 Å². The van der Waals surface area contributed by atoms with Crippen LogP contribution in [0, 0.1) is 6.42 Å². The monoisotopic (exact) mass is 226 g/mol. The second-order valence-corrected chi connectivity index (χ2v) is 2.89. The molecule has 1 rings (SSSR count). The van der Waals surface area contributed by atoms with Gasteiger partial charge in [-0.25, -0.2) is 0 Å². The molecule has 0 spiro atoms. The van der Waals surface area contributed by atoms with Gasteiger partial charge in [0.1, 0.15) is 6.42 Å². The summed E-state index contributed by atoms with van der Waals surface area (Å²) >= 11 is 0. The molecule has 0 radical (unpaired) electrons. The summed E-state index contributed by atoms with van der Waals surface area (Å²) in [7, 11) is 0. The molecule has 4 nitrogen and oxygen atoms in total. The van der Waals surface area contributed by atoms with E-state index in [9.17, 15) is 9.59 Å². The van der Waals surface area contributed by atoms with Crippen LogP contribution >= 0.6 is 0 Å². The SMILES string of the molecule is O=C(O)CC(=O)O.[CH-]1CCCCC1.[K+]. The Bertz CT molecular complexity index is 143. The van der Waals surface area contributed by atoms with Gasteiger partial charge in [0, 0.05) is 0 Å². The molecule has 0 aromatic carbocycles. The van der Waals surface area contributed by atoms with Gasteiger partial charge in [0.05, 0.1) is 0 Å². The van der Waals surface area contributed by atoms with E-state index in [-0.39, 0.29) is 51.4 Å². The minimum Gasteiger partial charge on any atom is -0.481 e. The van der Waals surface area contributed by atoms with Gasteiger partial charge in [0.15, 0.2) is 0 Å². The normalized spacial score (nSPS) is 14.3. The molecule has 0 atom stereocenters. The average Bonchev–Trinajstić information content (AvgIpc) is 2.06. The van der Waals surface area contributed by atoms with Crippen LogP contribution in [0.4, 0.5) is 0 Å².